The minimum absolute atomic E-state index is 0.00180. The molecule has 1 aliphatic rings. The third-order valence-corrected chi connectivity index (χ3v) is 4.97. The molecule has 0 saturated carbocycles. The highest BCUT2D eigenvalue weighted by molar-refractivity contribution is 9.10. The van der Waals surface area contributed by atoms with Crippen LogP contribution in [0.2, 0.25) is 5.02 Å². The number of nitro groups is 1. The molecule has 25 heavy (non-hydrogen) atoms. The van der Waals surface area contributed by atoms with Crippen molar-refractivity contribution in [3.05, 3.63) is 67.6 Å². The lowest BCUT2D eigenvalue weighted by atomic mass is 10.1. The highest BCUT2D eigenvalue weighted by Crippen LogP contribution is 2.30. The monoisotopic (exact) mass is 423 g/mol. The number of nitro benzene ring substituents is 1. The highest BCUT2D eigenvalue weighted by Gasteiger charge is 2.24. The van der Waals surface area contributed by atoms with Crippen molar-refractivity contribution in [2.45, 2.75) is 0 Å². The summed E-state index contributed by atoms with van der Waals surface area (Å²) in [7, 11) is 0. The largest absolute Gasteiger partial charge is 0.367 e. The maximum atomic E-state index is 12.5. The van der Waals surface area contributed by atoms with Gasteiger partial charge in [-0.05, 0) is 30.3 Å². The summed E-state index contributed by atoms with van der Waals surface area (Å²) < 4.78 is 0.932. The van der Waals surface area contributed by atoms with Crippen molar-refractivity contribution in [1.29, 1.82) is 0 Å². The molecule has 0 N–H and O–H groups in total. The third kappa shape index (κ3) is 3.93. The number of piperazine rings is 1. The van der Waals surface area contributed by atoms with E-state index < -0.39 is 4.92 Å². The molecule has 0 unspecified atom stereocenters. The maximum Gasteiger partial charge on any atom is 0.271 e. The number of halogens is 2. The van der Waals surface area contributed by atoms with Gasteiger partial charge in [0.1, 0.15) is 0 Å². The molecule has 1 aliphatic heterocycles. The van der Waals surface area contributed by atoms with Crippen molar-refractivity contribution in [3.8, 4) is 0 Å². The minimum Gasteiger partial charge on any atom is -0.367 e. The predicted molar refractivity (Wildman–Crippen MR) is 100 cm³/mol. The van der Waals surface area contributed by atoms with E-state index >= 15 is 0 Å². The second-order valence-corrected chi connectivity index (χ2v) is 7.00. The van der Waals surface area contributed by atoms with E-state index in [1.807, 2.05) is 17.0 Å². The van der Waals surface area contributed by atoms with Crippen LogP contribution in [0.4, 0.5) is 11.4 Å². The van der Waals surface area contributed by atoms with Gasteiger partial charge in [0.25, 0.3) is 11.6 Å². The lowest BCUT2D eigenvalue weighted by Gasteiger charge is -2.36. The van der Waals surface area contributed by atoms with Crippen LogP contribution in [0.15, 0.2) is 46.9 Å². The van der Waals surface area contributed by atoms with Crippen LogP contribution in [0.3, 0.4) is 0 Å². The van der Waals surface area contributed by atoms with Crippen molar-refractivity contribution in [1.82, 2.24) is 4.90 Å². The minimum atomic E-state index is -0.468. The topological polar surface area (TPSA) is 66.7 Å². The van der Waals surface area contributed by atoms with Crippen molar-refractivity contribution >= 4 is 44.8 Å². The van der Waals surface area contributed by atoms with Gasteiger partial charge < -0.3 is 9.80 Å². The number of hydrogen-bond donors (Lipinski definition) is 0. The van der Waals surface area contributed by atoms with E-state index in [9.17, 15) is 14.9 Å². The van der Waals surface area contributed by atoms with Gasteiger partial charge in [-0.25, -0.2) is 0 Å². The molecule has 0 aliphatic carbocycles. The first-order chi connectivity index (χ1) is 12.0. The van der Waals surface area contributed by atoms with E-state index in [-0.39, 0.29) is 11.6 Å². The summed E-state index contributed by atoms with van der Waals surface area (Å²) in [5.41, 5.74) is 1.38. The van der Waals surface area contributed by atoms with Crippen LogP contribution in [0, 0.1) is 10.1 Å². The van der Waals surface area contributed by atoms with Crippen LogP contribution in [-0.2, 0) is 0 Å². The molecule has 3 rings (SSSR count). The molecule has 1 saturated heterocycles. The molecule has 0 bridgehead atoms. The fourth-order valence-corrected chi connectivity index (χ4v) is 3.35. The second kappa shape index (κ2) is 7.41. The molecule has 2 aromatic carbocycles. The van der Waals surface area contributed by atoms with E-state index in [1.54, 1.807) is 23.1 Å². The average molecular weight is 425 g/mol. The van der Waals surface area contributed by atoms with Gasteiger partial charge in [0.15, 0.2) is 0 Å². The van der Waals surface area contributed by atoms with Crippen LogP contribution in [0.25, 0.3) is 0 Å². The first-order valence-electron chi connectivity index (χ1n) is 7.69. The number of carbonyl (C=O) groups is 1. The summed E-state index contributed by atoms with van der Waals surface area (Å²) >= 11 is 9.54. The first-order valence-corrected chi connectivity index (χ1v) is 8.86. The summed E-state index contributed by atoms with van der Waals surface area (Å²) in [5.74, 6) is 0.00180. The Kier molecular flexibility index (Phi) is 5.24. The second-order valence-electron chi connectivity index (χ2n) is 5.68. The number of non-ortho nitro benzene ring substituents is 1. The Morgan fingerprint density at radius 2 is 1.72 bits per heavy atom. The quantitative estimate of drug-likeness (QED) is 0.552. The Balaban J connectivity index is 1.66. The summed E-state index contributed by atoms with van der Waals surface area (Å²) in [4.78, 5) is 26.7. The SMILES string of the molecule is O=C(c1ccc(Br)cc1)N1CCN(c2ccc([N+](=O)[O-])cc2Cl)CC1. The molecule has 130 valence electrons. The van der Waals surface area contributed by atoms with Gasteiger partial charge in [-0.15, -0.1) is 0 Å². The van der Waals surface area contributed by atoms with Crippen LogP contribution in [0.1, 0.15) is 10.4 Å². The van der Waals surface area contributed by atoms with Crippen molar-refractivity contribution in [2.75, 3.05) is 31.1 Å². The van der Waals surface area contributed by atoms with E-state index in [1.165, 1.54) is 12.1 Å². The molecule has 2 aromatic rings. The summed E-state index contributed by atoms with van der Waals surface area (Å²) in [6.07, 6.45) is 0. The molecule has 0 radical (unpaired) electrons. The van der Waals surface area contributed by atoms with E-state index in [0.29, 0.717) is 36.8 Å². The first kappa shape index (κ1) is 17.7. The van der Waals surface area contributed by atoms with Crippen LogP contribution in [0.5, 0.6) is 0 Å². The number of amides is 1. The fourth-order valence-electron chi connectivity index (χ4n) is 2.79. The Bertz CT molecular complexity index is 805. The fraction of sp³-hybridized carbons (Fsp3) is 0.235. The number of hydrogen-bond acceptors (Lipinski definition) is 4. The third-order valence-electron chi connectivity index (χ3n) is 4.14. The van der Waals surface area contributed by atoms with Gasteiger partial charge in [0.2, 0.25) is 0 Å². The van der Waals surface area contributed by atoms with Gasteiger partial charge in [-0.3, -0.25) is 14.9 Å². The smallest absolute Gasteiger partial charge is 0.271 e. The number of carbonyl (C=O) groups excluding carboxylic acids is 1. The lowest BCUT2D eigenvalue weighted by molar-refractivity contribution is -0.384. The Morgan fingerprint density at radius 1 is 1.08 bits per heavy atom. The molecular weight excluding hydrogens is 410 g/mol. The van der Waals surface area contributed by atoms with E-state index in [4.69, 9.17) is 11.6 Å². The zero-order valence-corrected chi connectivity index (χ0v) is 15.5. The van der Waals surface area contributed by atoms with Gasteiger partial charge >= 0.3 is 0 Å². The zero-order valence-electron chi connectivity index (χ0n) is 13.2. The molecular formula is C17H15BrClN3O3. The zero-order chi connectivity index (χ0) is 18.0. The van der Waals surface area contributed by atoms with Crippen LogP contribution >= 0.6 is 27.5 Å². The summed E-state index contributed by atoms with van der Waals surface area (Å²) in [6.45, 7) is 2.39. The highest BCUT2D eigenvalue weighted by atomic mass is 79.9. The Labute approximate surface area is 158 Å². The van der Waals surface area contributed by atoms with Crippen molar-refractivity contribution < 1.29 is 9.72 Å². The lowest BCUT2D eigenvalue weighted by Crippen LogP contribution is -2.48. The van der Waals surface area contributed by atoms with Crippen LogP contribution in [-0.4, -0.2) is 41.9 Å². The molecule has 1 fully saturated rings. The molecule has 1 heterocycles. The number of rotatable bonds is 3. The molecule has 0 aromatic heterocycles. The molecule has 0 atom stereocenters. The predicted octanol–water partition coefficient (Wildman–Crippen LogP) is 3.97. The van der Waals surface area contributed by atoms with Gasteiger partial charge in [-0.2, -0.15) is 0 Å². The van der Waals surface area contributed by atoms with E-state index in [2.05, 4.69) is 15.9 Å². The van der Waals surface area contributed by atoms with Gasteiger partial charge in [0.05, 0.1) is 15.6 Å². The number of nitrogens with zero attached hydrogens (tertiary/aromatic N) is 3. The summed E-state index contributed by atoms with van der Waals surface area (Å²) in [5, 5.41) is 11.1. The van der Waals surface area contributed by atoms with E-state index in [0.717, 1.165) is 10.2 Å². The Morgan fingerprint density at radius 3 is 2.28 bits per heavy atom. The normalized spacial score (nSPS) is 14.5. The van der Waals surface area contributed by atoms with Crippen molar-refractivity contribution in [3.63, 3.8) is 0 Å². The number of benzene rings is 2. The number of anilines is 1. The Hall–Kier alpha value is -2.12. The molecule has 1 amide bonds. The van der Waals surface area contributed by atoms with Crippen molar-refractivity contribution in [2.24, 2.45) is 0 Å². The van der Waals surface area contributed by atoms with Crippen LogP contribution < -0.4 is 4.90 Å². The van der Waals surface area contributed by atoms with Gasteiger partial charge in [0, 0.05) is 48.3 Å². The summed E-state index contributed by atoms with van der Waals surface area (Å²) in [6, 6.07) is 11.8. The molecule has 0 spiro atoms. The standard InChI is InChI=1S/C17H15BrClN3O3/c18-13-3-1-12(2-4-13)17(23)21-9-7-20(8-10-21)16-6-5-14(22(24)25)11-15(16)19/h1-6,11H,7-10H2. The average Bonchev–Trinajstić information content (AvgIpc) is 2.62. The molecule has 6 nitrogen and oxygen atoms in total. The van der Waals surface area contributed by atoms with Gasteiger partial charge in [-0.1, -0.05) is 27.5 Å². The maximum absolute atomic E-state index is 12.5. The molecule has 8 heteroatoms.